The maximum atomic E-state index is 6.03. The molecule has 18 heavy (non-hydrogen) atoms. The minimum atomic E-state index is 0.0718. The SMILES string of the molecule is Nc1ncc(Cl)cc1C1CCOC2(CCSC2)C1. The molecule has 2 N–H and O–H groups in total. The number of nitrogens with zero attached hydrogens (tertiary/aromatic N) is 1. The van der Waals surface area contributed by atoms with E-state index in [-0.39, 0.29) is 5.60 Å². The predicted molar refractivity (Wildman–Crippen MR) is 76.3 cm³/mol. The van der Waals surface area contributed by atoms with Crippen molar-refractivity contribution in [3.63, 3.8) is 0 Å². The number of thioether (sulfide) groups is 1. The third kappa shape index (κ3) is 2.33. The van der Waals surface area contributed by atoms with Crippen molar-refractivity contribution in [2.24, 2.45) is 0 Å². The second-order valence-corrected chi connectivity index (χ2v) is 6.69. The molecule has 1 aromatic rings. The lowest BCUT2D eigenvalue weighted by atomic mass is 9.81. The molecule has 2 fully saturated rings. The van der Waals surface area contributed by atoms with Crippen LogP contribution in [0.25, 0.3) is 0 Å². The van der Waals surface area contributed by atoms with Gasteiger partial charge in [-0.3, -0.25) is 0 Å². The summed E-state index contributed by atoms with van der Waals surface area (Å²) in [6, 6.07) is 1.97. The molecule has 2 atom stereocenters. The number of hydrogen-bond donors (Lipinski definition) is 1. The Balaban J connectivity index is 1.85. The standard InChI is InChI=1S/C13H17ClN2OS/c14-10-5-11(12(15)16-7-10)9-1-3-17-13(6-9)2-4-18-8-13/h5,7,9H,1-4,6,8H2,(H2,15,16). The molecule has 2 saturated heterocycles. The Kier molecular flexibility index (Phi) is 3.43. The van der Waals surface area contributed by atoms with Gasteiger partial charge in [-0.25, -0.2) is 4.98 Å². The summed E-state index contributed by atoms with van der Waals surface area (Å²) < 4.78 is 6.03. The van der Waals surface area contributed by atoms with Crippen molar-refractivity contribution in [2.45, 2.75) is 30.8 Å². The first kappa shape index (κ1) is 12.6. The van der Waals surface area contributed by atoms with E-state index >= 15 is 0 Å². The first-order chi connectivity index (χ1) is 8.69. The maximum absolute atomic E-state index is 6.03. The molecule has 0 aliphatic carbocycles. The van der Waals surface area contributed by atoms with E-state index in [1.165, 1.54) is 5.75 Å². The molecule has 2 unspecified atom stereocenters. The number of pyridine rings is 1. The van der Waals surface area contributed by atoms with Gasteiger partial charge in [0.25, 0.3) is 0 Å². The number of nitrogen functional groups attached to an aromatic ring is 1. The number of rotatable bonds is 1. The summed E-state index contributed by atoms with van der Waals surface area (Å²) >= 11 is 8.02. The van der Waals surface area contributed by atoms with Crippen LogP contribution in [0.3, 0.4) is 0 Å². The van der Waals surface area contributed by atoms with Gasteiger partial charge in [-0.15, -0.1) is 0 Å². The van der Waals surface area contributed by atoms with E-state index in [1.54, 1.807) is 6.20 Å². The van der Waals surface area contributed by atoms with Crippen LogP contribution in [0.2, 0.25) is 5.02 Å². The Labute approximate surface area is 116 Å². The lowest BCUT2D eigenvalue weighted by Crippen LogP contribution is -2.39. The molecule has 0 bridgehead atoms. The van der Waals surface area contributed by atoms with Crippen LogP contribution in [-0.4, -0.2) is 28.7 Å². The Morgan fingerprint density at radius 3 is 3.22 bits per heavy atom. The third-order valence-electron chi connectivity index (χ3n) is 3.92. The van der Waals surface area contributed by atoms with Gasteiger partial charge in [0.1, 0.15) is 5.82 Å². The Hall–Kier alpha value is -0.450. The van der Waals surface area contributed by atoms with Gasteiger partial charge in [-0.1, -0.05) is 11.6 Å². The summed E-state index contributed by atoms with van der Waals surface area (Å²) in [6.07, 6.45) is 4.83. The molecule has 3 heterocycles. The van der Waals surface area contributed by atoms with Crippen LogP contribution in [0, 0.1) is 0 Å². The van der Waals surface area contributed by atoms with Crippen LogP contribution < -0.4 is 5.73 Å². The van der Waals surface area contributed by atoms with Gasteiger partial charge >= 0.3 is 0 Å². The molecule has 2 aliphatic rings. The average molecular weight is 285 g/mol. The first-order valence-corrected chi connectivity index (χ1v) is 7.84. The van der Waals surface area contributed by atoms with Gasteiger partial charge in [0.05, 0.1) is 10.6 Å². The summed E-state index contributed by atoms with van der Waals surface area (Å²) in [4.78, 5) is 4.17. The number of aromatic nitrogens is 1. The van der Waals surface area contributed by atoms with Crippen molar-refractivity contribution in [3.8, 4) is 0 Å². The fraction of sp³-hybridized carbons (Fsp3) is 0.615. The van der Waals surface area contributed by atoms with Crippen LogP contribution in [-0.2, 0) is 4.74 Å². The van der Waals surface area contributed by atoms with Crippen LogP contribution in [0.5, 0.6) is 0 Å². The lowest BCUT2D eigenvalue weighted by Gasteiger charge is -2.38. The normalized spacial score (nSPS) is 31.9. The molecule has 1 spiro atoms. The van der Waals surface area contributed by atoms with Gasteiger partial charge in [0, 0.05) is 18.6 Å². The largest absolute Gasteiger partial charge is 0.383 e. The van der Waals surface area contributed by atoms with E-state index in [2.05, 4.69) is 4.98 Å². The van der Waals surface area contributed by atoms with Crippen molar-refractivity contribution in [2.75, 3.05) is 23.8 Å². The van der Waals surface area contributed by atoms with Crippen molar-refractivity contribution in [1.29, 1.82) is 0 Å². The molecular weight excluding hydrogens is 268 g/mol. The molecule has 0 amide bonds. The lowest BCUT2D eigenvalue weighted by molar-refractivity contribution is -0.0666. The van der Waals surface area contributed by atoms with E-state index in [0.29, 0.717) is 16.8 Å². The van der Waals surface area contributed by atoms with Crippen molar-refractivity contribution in [1.82, 2.24) is 4.98 Å². The molecular formula is C13H17ClN2OS. The fourth-order valence-electron chi connectivity index (χ4n) is 2.95. The smallest absolute Gasteiger partial charge is 0.126 e. The Bertz CT molecular complexity index is 449. The molecule has 3 rings (SSSR count). The third-order valence-corrected chi connectivity index (χ3v) is 5.35. The molecule has 2 aliphatic heterocycles. The van der Waals surface area contributed by atoms with Crippen molar-refractivity contribution >= 4 is 29.2 Å². The molecule has 0 radical (unpaired) electrons. The molecule has 0 aromatic carbocycles. The molecule has 5 heteroatoms. The number of anilines is 1. The summed E-state index contributed by atoms with van der Waals surface area (Å²) in [5.41, 5.74) is 7.16. The van der Waals surface area contributed by atoms with Crippen LogP contribution in [0.1, 0.15) is 30.7 Å². The molecule has 3 nitrogen and oxygen atoms in total. The molecule has 98 valence electrons. The van der Waals surface area contributed by atoms with Gasteiger partial charge in [0.15, 0.2) is 0 Å². The highest BCUT2D eigenvalue weighted by atomic mass is 35.5. The summed E-state index contributed by atoms with van der Waals surface area (Å²) in [5, 5.41) is 0.667. The monoisotopic (exact) mass is 284 g/mol. The quantitative estimate of drug-likeness (QED) is 0.861. The second kappa shape index (κ2) is 4.91. The fourth-order valence-corrected chi connectivity index (χ4v) is 4.49. The number of ether oxygens (including phenoxy) is 1. The molecule has 0 saturated carbocycles. The zero-order valence-electron chi connectivity index (χ0n) is 10.2. The summed E-state index contributed by atoms with van der Waals surface area (Å²) in [6.45, 7) is 0.817. The van der Waals surface area contributed by atoms with Gasteiger partial charge in [-0.2, -0.15) is 11.8 Å². The zero-order chi connectivity index (χ0) is 12.6. The molecule has 1 aromatic heterocycles. The maximum Gasteiger partial charge on any atom is 0.126 e. The van der Waals surface area contributed by atoms with Crippen LogP contribution in [0.4, 0.5) is 5.82 Å². The van der Waals surface area contributed by atoms with E-state index in [9.17, 15) is 0 Å². The Morgan fingerprint density at radius 2 is 2.44 bits per heavy atom. The van der Waals surface area contributed by atoms with Crippen molar-refractivity contribution in [3.05, 3.63) is 22.8 Å². The summed E-state index contributed by atoms with van der Waals surface area (Å²) in [5.74, 6) is 3.36. The first-order valence-electron chi connectivity index (χ1n) is 6.31. The second-order valence-electron chi connectivity index (χ2n) is 5.15. The highest BCUT2D eigenvalue weighted by molar-refractivity contribution is 7.99. The van der Waals surface area contributed by atoms with E-state index in [4.69, 9.17) is 22.1 Å². The van der Waals surface area contributed by atoms with E-state index < -0.39 is 0 Å². The number of hydrogen-bond acceptors (Lipinski definition) is 4. The van der Waals surface area contributed by atoms with E-state index in [0.717, 1.165) is 37.2 Å². The topological polar surface area (TPSA) is 48.1 Å². The minimum absolute atomic E-state index is 0.0718. The highest BCUT2D eigenvalue weighted by Gasteiger charge is 2.41. The Morgan fingerprint density at radius 1 is 1.56 bits per heavy atom. The average Bonchev–Trinajstić information content (AvgIpc) is 2.80. The van der Waals surface area contributed by atoms with Crippen LogP contribution in [0.15, 0.2) is 12.3 Å². The zero-order valence-corrected chi connectivity index (χ0v) is 11.8. The number of halogens is 1. The van der Waals surface area contributed by atoms with Gasteiger partial charge < -0.3 is 10.5 Å². The number of nitrogens with two attached hydrogens (primary N) is 1. The van der Waals surface area contributed by atoms with Gasteiger partial charge in [-0.05, 0) is 42.6 Å². The van der Waals surface area contributed by atoms with Crippen molar-refractivity contribution < 1.29 is 4.74 Å². The van der Waals surface area contributed by atoms with E-state index in [1.807, 2.05) is 17.8 Å². The van der Waals surface area contributed by atoms with Crippen LogP contribution >= 0.6 is 23.4 Å². The predicted octanol–water partition coefficient (Wildman–Crippen LogP) is 3.09. The minimum Gasteiger partial charge on any atom is -0.383 e. The summed E-state index contributed by atoms with van der Waals surface area (Å²) in [7, 11) is 0. The highest BCUT2D eigenvalue weighted by Crippen LogP contribution is 2.44. The van der Waals surface area contributed by atoms with Gasteiger partial charge in [0.2, 0.25) is 0 Å².